The molecule has 0 aromatic heterocycles. The fourth-order valence-corrected chi connectivity index (χ4v) is 3.04. The number of rotatable bonds is 3. The highest BCUT2D eigenvalue weighted by atomic mass is 19.4. The Kier molecular flexibility index (Phi) is 4.75. The number of amides is 1. The number of carbonyl (C=O) groups is 2. The number of aliphatic carboxylic acids is 1. The molecular weight excluding hydrogens is 289 g/mol. The molecule has 8 heteroatoms. The summed E-state index contributed by atoms with van der Waals surface area (Å²) in [6.45, 7) is 0.395. The smallest absolute Gasteiger partial charge is 0.393 e. The average Bonchev–Trinajstić information content (AvgIpc) is 2.86. The van der Waals surface area contributed by atoms with E-state index in [1.54, 1.807) is 4.90 Å². The molecule has 0 spiro atoms. The number of carboxylic acid groups (broad SMARTS) is 1. The molecule has 2 heterocycles. The first kappa shape index (κ1) is 16.1. The van der Waals surface area contributed by atoms with Gasteiger partial charge < -0.3 is 10.0 Å². The van der Waals surface area contributed by atoms with E-state index in [2.05, 4.69) is 0 Å². The predicted molar refractivity (Wildman–Crippen MR) is 67.6 cm³/mol. The van der Waals surface area contributed by atoms with Gasteiger partial charge in [0, 0.05) is 13.1 Å². The zero-order chi connectivity index (χ0) is 15.6. The highest BCUT2D eigenvalue weighted by Gasteiger charge is 2.43. The fourth-order valence-electron chi connectivity index (χ4n) is 3.04. The third kappa shape index (κ3) is 3.87. The maximum atomic E-state index is 12.7. The molecule has 0 aliphatic carbocycles. The van der Waals surface area contributed by atoms with Gasteiger partial charge in [0.25, 0.3) is 0 Å². The highest BCUT2D eigenvalue weighted by molar-refractivity contribution is 5.80. The van der Waals surface area contributed by atoms with Gasteiger partial charge in [-0.25, -0.2) is 0 Å². The second kappa shape index (κ2) is 6.21. The summed E-state index contributed by atoms with van der Waals surface area (Å²) in [6.07, 6.45) is -2.73. The lowest BCUT2D eigenvalue weighted by molar-refractivity contribution is -0.188. The molecule has 0 saturated carbocycles. The van der Waals surface area contributed by atoms with Crippen molar-refractivity contribution >= 4 is 11.9 Å². The number of halogens is 3. The minimum atomic E-state index is -4.28. The van der Waals surface area contributed by atoms with Gasteiger partial charge in [0.05, 0.1) is 12.5 Å². The quantitative estimate of drug-likeness (QED) is 0.854. The lowest BCUT2D eigenvalue weighted by atomic mass is 9.97. The Balaban J connectivity index is 1.92. The summed E-state index contributed by atoms with van der Waals surface area (Å²) >= 11 is 0. The lowest BCUT2D eigenvalue weighted by Gasteiger charge is -2.35. The van der Waals surface area contributed by atoms with Crippen LogP contribution in [0.4, 0.5) is 13.2 Å². The van der Waals surface area contributed by atoms with Crippen LogP contribution in [0.25, 0.3) is 0 Å². The Morgan fingerprint density at radius 2 is 1.81 bits per heavy atom. The SMILES string of the molecule is O=C(O)[C@@H]1CCCN1CC(=O)N1CCC[C@@H](C(F)(F)F)C1. The van der Waals surface area contributed by atoms with Gasteiger partial charge in [-0.2, -0.15) is 13.2 Å². The van der Waals surface area contributed by atoms with E-state index in [4.69, 9.17) is 5.11 Å². The molecule has 0 bridgehead atoms. The van der Waals surface area contributed by atoms with Crippen LogP contribution in [0.15, 0.2) is 0 Å². The van der Waals surface area contributed by atoms with Crippen LogP contribution in [0, 0.1) is 5.92 Å². The molecule has 1 N–H and O–H groups in total. The standard InChI is InChI=1S/C13H19F3N2O3/c14-13(15,16)9-3-1-6-18(7-9)11(19)8-17-5-2-4-10(17)12(20)21/h9-10H,1-8H2,(H,20,21)/t9-,10+/m1/s1. The average molecular weight is 308 g/mol. The first-order valence-electron chi connectivity index (χ1n) is 7.10. The third-order valence-electron chi connectivity index (χ3n) is 4.22. The topological polar surface area (TPSA) is 60.9 Å². The van der Waals surface area contributed by atoms with Crippen LogP contribution in [-0.2, 0) is 9.59 Å². The predicted octanol–water partition coefficient (Wildman–Crippen LogP) is 1.34. The summed E-state index contributed by atoms with van der Waals surface area (Å²) in [6, 6.07) is -0.697. The molecule has 0 unspecified atom stereocenters. The summed E-state index contributed by atoms with van der Waals surface area (Å²) < 4.78 is 38.2. The van der Waals surface area contributed by atoms with E-state index >= 15 is 0 Å². The monoisotopic (exact) mass is 308 g/mol. The molecule has 0 radical (unpaired) electrons. The van der Waals surface area contributed by atoms with Crippen molar-refractivity contribution in [2.45, 2.75) is 37.9 Å². The van der Waals surface area contributed by atoms with Gasteiger partial charge >= 0.3 is 12.1 Å². The molecule has 2 saturated heterocycles. The van der Waals surface area contributed by atoms with Crippen LogP contribution in [0.3, 0.4) is 0 Å². The normalized spacial score (nSPS) is 27.9. The van der Waals surface area contributed by atoms with Crippen molar-refractivity contribution in [3.05, 3.63) is 0 Å². The lowest BCUT2D eigenvalue weighted by Crippen LogP contribution is -2.49. The molecule has 2 aliphatic rings. The van der Waals surface area contributed by atoms with E-state index in [1.165, 1.54) is 4.90 Å². The van der Waals surface area contributed by atoms with Crippen molar-refractivity contribution in [3.8, 4) is 0 Å². The summed E-state index contributed by atoms with van der Waals surface area (Å²) in [7, 11) is 0. The van der Waals surface area contributed by atoms with Crippen LogP contribution in [0.1, 0.15) is 25.7 Å². The first-order valence-corrected chi connectivity index (χ1v) is 7.10. The van der Waals surface area contributed by atoms with Crippen molar-refractivity contribution in [3.63, 3.8) is 0 Å². The number of carbonyl (C=O) groups excluding carboxylic acids is 1. The zero-order valence-corrected chi connectivity index (χ0v) is 11.6. The second-order valence-electron chi connectivity index (χ2n) is 5.69. The number of hydrogen-bond donors (Lipinski definition) is 1. The van der Waals surface area contributed by atoms with Gasteiger partial charge in [-0.05, 0) is 32.2 Å². The van der Waals surface area contributed by atoms with E-state index < -0.39 is 30.0 Å². The van der Waals surface area contributed by atoms with Crippen LogP contribution < -0.4 is 0 Å². The zero-order valence-electron chi connectivity index (χ0n) is 11.6. The first-order chi connectivity index (χ1) is 9.79. The van der Waals surface area contributed by atoms with Gasteiger partial charge in [0.2, 0.25) is 5.91 Å². The van der Waals surface area contributed by atoms with Gasteiger partial charge in [0.15, 0.2) is 0 Å². The molecule has 1 amide bonds. The summed E-state index contributed by atoms with van der Waals surface area (Å²) in [5.41, 5.74) is 0. The molecule has 0 aromatic carbocycles. The number of nitrogens with zero attached hydrogens (tertiary/aromatic N) is 2. The maximum Gasteiger partial charge on any atom is 0.393 e. The number of carboxylic acids is 1. The van der Waals surface area contributed by atoms with Crippen LogP contribution in [0.5, 0.6) is 0 Å². The largest absolute Gasteiger partial charge is 0.480 e. The maximum absolute atomic E-state index is 12.7. The Morgan fingerprint density at radius 3 is 2.43 bits per heavy atom. The molecule has 21 heavy (non-hydrogen) atoms. The summed E-state index contributed by atoms with van der Waals surface area (Å²) in [4.78, 5) is 25.9. The highest BCUT2D eigenvalue weighted by Crippen LogP contribution is 2.33. The van der Waals surface area contributed by atoms with Crippen molar-refractivity contribution in [2.24, 2.45) is 5.92 Å². The van der Waals surface area contributed by atoms with Gasteiger partial charge in [-0.15, -0.1) is 0 Å². The van der Waals surface area contributed by atoms with Crippen molar-refractivity contribution in [1.82, 2.24) is 9.80 Å². The third-order valence-corrected chi connectivity index (χ3v) is 4.22. The summed E-state index contributed by atoms with van der Waals surface area (Å²) in [5, 5.41) is 9.04. The van der Waals surface area contributed by atoms with Gasteiger partial charge in [0.1, 0.15) is 6.04 Å². The van der Waals surface area contributed by atoms with E-state index in [0.29, 0.717) is 32.4 Å². The number of alkyl halides is 3. The molecule has 2 atom stereocenters. The van der Waals surface area contributed by atoms with Gasteiger partial charge in [-0.1, -0.05) is 0 Å². The molecule has 2 fully saturated rings. The summed E-state index contributed by atoms with van der Waals surface area (Å²) in [5.74, 6) is -2.85. The minimum Gasteiger partial charge on any atom is -0.480 e. The number of piperidine rings is 1. The van der Waals surface area contributed by atoms with Crippen molar-refractivity contribution in [2.75, 3.05) is 26.2 Å². The van der Waals surface area contributed by atoms with Crippen LogP contribution >= 0.6 is 0 Å². The van der Waals surface area contributed by atoms with E-state index in [9.17, 15) is 22.8 Å². The Labute approximate surface area is 120 Å². The number of likely N-dealkylation sites (tertiary alicyclic amines) is 2. The molecule has 120 valence electrons. The Bertz CT molecular complexity index is 414. The van der Waals surface area contributed by atoms with Crippen LogP contribution in [0.2, 0.25) is 0 Å². The molecule has 2 aliphatic heterocycles. The number of hydrogen-bond acceptors (Lipinski definition) is 3. The molecular formula is C13H19F3N2O3. The fraction of sp³-hybridized carbons (Fsp3) is 0.846. The van der Waals surface area contributed by atoms with Crippen molar-refractivity contribution in [1.29, 1.82) is 0 Å². The van der Waals surface area contributed by atoms with E-state index in [-0.39, 0.29) is 19.5 Å². The Hall–Kier alpha value is -1.31. The Morgan fingerprint density at radius 1 is 1.14 bits per heavy atom. The molecule has 2 rings (SSSR count). The van der Waals surface area contributed by atoms with Crippen LogP contribution in [-0.4, -0.2) is 65.2 Å². The van der Waals surface area contributed by atoms with Gasteiger partial charge in [-0.3, -0.25) is 14.5 Å². The minimum absolute atomic E-state index is 0.0503. The van der Waals surface area contributed by atoms with Crippen molar-refractivity contribution < 1.29 is 27.9 Å². The molecule has 5 nitrogen and oxygen atoms in total. The van der Waals surface area contributed by atoms with E-state index in [0.717, 1.165) is 0 Å². The molecule has 0 aromatic rings. The second-order valence-corrected chi connectivity index (χ2v) is 5.69. The van der Waals surface area contributed by atoms with E-state index in [1.807, 2.05) is 0 Å².